The van der Waals surface area contributed by atoms with E-state index < -0.39 is 6.10 Å². The maximum absolute atomic E-state index is 12.9. The molecule has 1 unspecified atom stereocenters. The van der Waals surface area contributed by atoms with Crippen molar-refractivity contribution in [1.29, 1.82) is 0 Å². The molecule has 0 heterocycles. The Morgan fingerprint density at radius 1 is 0.259 bits per heavy atom. The standard InChI is InChI=1S/C75H126O6/c1-4-7-10-13-16-18-20-22-24-26-28-30-32-33-34-35-36-37-38-39-40-41-43-44-46-48-50-52-54-56-59-62-65-68-74(77)80-71-72(70-79-73(76)67-64-61-58-15-12-9-6-3)81-75(78)69-66-63-60-57-55-53-51-49-47-45-42-31-29-27-25-23-21-19-17-14-11-8-5-2/h7-8,10-11,16-19,22-25,28-31,33-34,45,47,72H,4-6,9,12-15,20-21,26-27,32,35-44,46,48-71H2,1-3H3/b10-7-,11-8-,18-16-,19-17-,24-22-,25-23-,30-28-,31-29-,34-33-,47-45-. The minimum absolute atomic E-state index is 0.0810. The van der Waals surface area contributed by atoms with Crippen molar-refractivity contribution in [1.82, 2.24) is 0 Å². The highest BCUT2D eigenvalue weighted by atomic mass is 16.6. The fourth-order valence-corrected chi connectivity index (χ4v) is 9.44. The lowest BCUT2D eigenvalue weighted by Gasteiger charge is -2.18. The fourth-order valence-electron chi connectivity index (χ4n) is 9.44. The van der Waals surface area contributed by atoms with Crippen LogP contribution in [-0.4, -0.2) is 37.2 Å². The Kier molecular flexibility index (Phi) is 64.8. The second kappa shape index (κ2) is 68.3. The van der Waals surface area contributed by atoms with Crippen LogP contribution in [0.4, 0.5) is 0 Å². The van der Waals surface area contributed by atoms with E-state index >= 15 is 0 Å². The van der Waals surface area contributed by atoms with Gasteiger partial charge in [-0.25, -0.2) is 0 Å². The van der Waals surface area contributed by atoms with Gasteiger partial charge in [-0.2, -0.15) is 0 Å². The smallest absolute Gasteiger partial charge is 0.306 e. The second-order valence-corrected chi connectivity index (χ2v) is 22.3. The van der Waals surface area contributed by atoms with E-state index in [2.05, 4.69) is 142 Å². The van der Waals surface area contributed by atoms with Gasteiger partial charge >= 0.3 is 17.9 Å². The van der Waals surface area contributed by atoms with Gasteiger partial charge in [-0.15, -0.1) is 0 Å². The molecule has 0 radical (unpaired) electrons. The molecule has 1 atom stereocenters. The molecule has 6 nitrogen and oxygen atoms in total. The number of carbonyl (C=O) groups excluding carboxylic acids is 3. The highest BCUT2D eigenvalue weighted by molar-refractivity contribution is 5.71. The molecule has 0 fully saturated rings. The highest BCUT2D eigenvalue weighted by Gasteiger charge is 2.19. The summed E-state index contributed by atoms with van der Waals surface area (Å²) >= 11 is 0. The first-order chi connectivity index (χ1) is 40.0. The fraction of sp³-hybridized carbons (Fsp3) is 0.693. The van der Waals surface area contributed by atoms with Gasteiger partial charge in [-0.3, -0.25) is 14.4 Å². The van der Waals surface area contributed by atoms with Crippen LogP contribution in [0.5, 0.6) is 0 Å². The maximum Gasteiger partial charge on any atom is 0.306 e. The topological polar surface area (TPSA) is 78.9 Å². The highest BCUT2D eigenvalue weighted by Crippen LogP contribution is 2.17. The molecule has 0 aliphatic carbocycles. The molecular formula is C75H126O6. The van der Waals surface area contributed by atoms with Gasteiger partial charge in [0.15, 0.2) is 6.10 Å². The number of hydrogen-bond donors (Lipinski definition) is 0. The molecule has 0 aromatic carbocycles. The van der Waals surface area contributed by atoms with Gasteiger partial charge in [-0.05, 0) is 109 Å². The van der Waals surface area contributed by atoms with Crippen molar-refractivity contribution < 1.29 is 28.6 Å². The molecule has 0 saturated carbocycles. The Hall–Kier alpha value is -4.19. The summed E-state index contributed by atoms with van der Waals surface area (Å²) in [5.74, 6) is -0.890. The van der Waals surface area contributed by atoms with Crippen molar-refractivity contribution in [2.24, 2.45) is 0 Å². The average Bonchev–Trinajstić information content (AvgIpc) is 3.47. The monoisotopic (exact) mass is 1120 g/mol. The number of rotatable bonds is 61. The SMILES string of the molecule is CC/C=C\C/C=C\C/C=C\C/C=C\C/C=C\CCCCCCCCCCCCCCCCCCCC(=O)OCC(COC(=O)CCCCCCCCC)OC(=O)CCCCCCCCC/C=C\C/C=C\C/C=C\C/C=C\C/C=C\CC. The second-order valence-electron chi connectivity index (χ2n) is 22.3. The molecule has 462 valence electrons. The lowest BCUT2D eigenvalue weighted by Crippen LogP contribution is -2.30. The zero-order valence-electron chi connectivity index (χ0n) is 53.0. The molecule has 0 aromatic rings. The zero-order valence-corrected chi connectivity index (χ0v) is 53.0. The number of hydrogen-bond acceptors (Lipinski definition) is 6. The lowest BCUT2D eigenvalue weighted by atomic mass is 10.0. The minimum Gasteiger partial charge on any atom is -0.462 e. The Bertz CT molecular complexity index is 1670. The quantitative estimate of drug-likeness (QED) is 0.0261. The van der Waals surface area contributed by atoms with Crippen molar-refractivity contribution in [3.8, 4) is 0 Å². The summed E-state index contributed by atoms with van der Waals surface area (Å²) in [5.41, 5.74) is 0. The van der Waals surface area contributed by atoms with E-state index in [-0.39, 0.29) is 31.1 Å². The van der Waals surface area contributed by atoms with Crippen LogP contribution >= 0.6 is 0 Å². The number of unbranched alkanes of at least 4 members (excludes halogenated alkanes) is 30. The molecular weight excluding hydrogens is 997 g/mol. The maximum atomic E-state index is 12.9. The van der Waals surface area contributed by atoms with E-state index in [4.69, 9.17) is 14.2 Å². The summed E-state index contributed by atoms with van der Waals surface area (Å²) in [6.45, 7) is 6.38. The van der Waals surface area contributed by atoms with E-state index in [0.717, 1.165) is 128 Å². The van der Waals surface area contributed by atoms with Crippen LogP contribution in [-0.2, 0) is 28.6 Å². The van der Waals surface area contributed by atoms with Crippen LogP contribution in [0, 0.1) is 0 Å². The molecule has 0 aliphatic heterocycles. The van der Waals surface area contributed by atoms with Gasteiger partial charge in [0, 0.05) is 19.3 Å². The van der Waals surface area contributed by atoms with Crippen LogP contribution in [0.15, 0.2) is 122 Å². The molecule has 0 N–H and O–H groups in total. The number of allylic oxidation sites excluding steroid dienone is 20. The van der Waals surface area contributed by atoms with Gasteiger partial charge < -0.3 is 14.2 Å². The summed E-state index contributed by atoms with van der Waals surface area (Å²) in [6, 6.07) is 0. The van der Waals surface area contributed by atoms with Crippen LogP contribution in [0.25, 0.3) is 0 Å². The van der Waals surface area contributed by atoms with Crippen LogP contribution < -0.4 is 0 Å². The Labute approximate surface area is 501 Å². The van der Waals surface area contributed by atoms with Gasteiger partial charge in [0.25, 0.3) is 0 Å². The first kappa shape index (κ1) is 76.8. The van der Waals surface area contributed by atoms with E-state index in [1.54, 1.807) is 0 Å². The van der Waals surface area contributed by atoms with Crippen molar-refractivity contribution in [2.45, 2.75) is 322 Å². The molecule has 6 heteroatoms. The van der Waals surface area contributed by atoms with Gasteiger partial charge in [0.05, 0.1) is 0 Å². The summed E-state index contributed by atoms with van der Waals surface area (Å²) in [5, 5.41) is 0. The molecule has 0 saturated heterocycles. The average molecular weight is 1120 g/mol. The Balaban J connectivity index is 4.08. The van der Waals surface area contributed by atoms with E-state index in [9.17, 15) is 14.4 Å². The summed E-state index contributed by atoms with van der Waals surface area (Å²) in [6.07, 6.45) is 95.3. The molecule has 0 spiro atoms. The molecule has 0 bridgehead atoms. The molecule has 0 amide bonds. The predicted molar refractivity (Wildman–Crippen MR) is 353 cm³/mol. The molecule has 0 aliphatic rings. The van der Waals surface area contributed by atoms with Crippen molar-refractivity contribution >= 4 is 17.9 Å². The van der Waals surface area contributed by atoms with E-state index in [0.29, 0.717) is 19.3 Å². The lowest BCUT2D eigenvalue weighted by molar-refractivity contribution is -0.167. The van der Waals surface area contributed by atoms with Crippen molar-refractivity contribution in [3.05, 3.63) is 122 Å². The Morgan fingerprint density at radius 3 is 0.753 bits per heavy atom. The normalized spacial score (nSPS) is 12.9. The minimum atomic E-state index is -0.783. The molecule has 81 heavy (non-hydrogen) atoms. The van der Waals surface area contributed by atoms with Crippen molar-refractivity contribution in [2.75, 3.05) is 13.2 Å². The van der Waals surface area contributed by atoms with Crippen LogP contribution in [0.2, 0.25) is 0 Å². The first-order valence-corrected chi connectivity index (χ1v) is 34.0. The third kappa shape index (κ3) is 66.5. The number of ether oxygens (including phenoxy) is 3. The first-order valence-electron chi connectivity index (χ1n) is 34.0. The molecule has 0 aromatic heterocycles. The number of carbonyl (C=O) groups is 3. The van der Waals surface area contributed by atoms with Crippen LogP contribution in [0.3, 0.4) is 0 Å². The van der Waals surface area contributed by atoms with Crippen molar-refractivity contribution in [3.63, 3.8) is 0 Å². The molecule has 0 rings (SSSR count). The summed E-state index contributed by atoms with van der Waals surface area (Å²) in [7, 11) is 0. The van der Waals surface area contributed by atoms with Gasteiger partial charge in [-0.1, -0.05) is 309 Å². The Morgan fingerprint density at radius 2 is 0.481 bits per heavy atom. The van der Waals surface area contributed by atoms with Gasteiger partial charge in [0.1, 0.15) is 13.2 Å². The third-order valence-electron chi connectivity index (χ3n) is 14.5. The summed E-state index contributed by atoms with van der Waals surface area (Å²) in [4.78, 5) is 38.1. The largest absolute Gasteiger partial charge is 0.462 e. The third-order valence-corrected chi connectivity index (χ3v) is 14.5. The number of esters is 3. The van der Waals surface area contributed by atoms with E-state index in [1.807, 2.05) is 0 Å². The zero-order chi connectivity index (χ0) is 58.5. The van der Waals surface area contributed by atoms with Gasteiger partial charge in [0.2, 0.25) is 0 Å². The predicted octanol–water partition coefficient (Wildman–Crippen LogP) is 23.6. The van der Waals surface area contributed by atoms with E-state index in [1.165, 1.54) is 148 Å². The summed E-state index contributed by atoms with van der Waals surface area (Å²) < 4.78 is 16.9. The van der Waals surface area contributed by atoms with Crippen LogP contribution in [0.1, 0.15) is 316 Å².